The molecule has 1 amide bonds. The average Bonchev–Trinajstić information content (AvgIpc) is 2.92. The van der Waals surface area contributed by atoms with Crippen LogP contribution in [-0.2, 0) is 14.9 Å². The van der Waals surface area contributed by atoms with Gasteiger partial charge in [0.05, 0.1) is 17.7 Å². The highest BCUT2D eigenvalue weighted by Gasteiger charge is 2.21. The number of ether oxygens (including phenoxy) is 1. The number of hydrogen-bond donors (Lipinski definition) is 1. The number of nitro benzene ring substituents is 1. The van der Waals surface area contributed by atoms with Gasteiger partial charge in [0.2, 0.25) is 0 Å². The molecular formula is C28H21N3O7S. The number of fused-ring (bicyclic) bond motifs is 1. The number of rotatable bonds is 8. The van der Waals surface area contributed by atoms with E-state index >= 15 is 0 Å². The number of nitro groups is 1. The Hall–Kier alpha value is -5.21. The number of carbonyl (C=O) groups excluding carboxylic acids is 1. The zero-order valence-electron chi connectivity index (χ0n) is 20.7. The zero-order chi connectivity index (χ0) is 28.2. The standard InChI is InChI=1S/C28H21N3O7S/c1-18-7-11-22(12-8-18)39(35,36)38-26-13-9-19-5-3-4-6-23(19)24(26)15-20(17-29)28(32)30-25-16-21(31(33)34)10-14-27(25)37-2/h3-16H,1-2H3,(H,30,32)/b20-15+. The van der Waals surface area contributed by atoms with Gasteiger partial charge in [0.1, 0.15) is 22.3 Å². The van der Waals surface area contributed by atoms with Crippen molar-refractivity contribution in [2.45, 2.75) is 11.8 Å². The number of methoxy groups -OCH3 is 1. The van der Waals surface area contributed by atoms with Crippen LogP contribution in [0.5, 0.6) is 11.5 Å². The van der Waals surface area contributed by atoms with Crippen LogP contribution in [-0.4, -0.2) is 26.4 Å². The van der Waals surface area contributed by atoms with E-state index in [1.165, 1.54) is 43.5 Å². The van der Waals surface area contributed by atoms with E-state index in [0.717, 1.165) is 11.6 Å². The number of non-ortho nitro benzene ring substituents is 1. The molecule has 0 saturated heterocycles. The first-order valence-corrected chi connectivity index (χ1v) is 12.8. The zero-order valence-corrected chi connectivity index (χ0v) is 21.6. The van der Waals surface area contributed by atoms with Gasteiger partial charge in [0, 0.05) is 17.7 Å². The molecule has 0 aliphatic rings. The largest absolute Gasteiger partial charge is 0.495 e. The molecule has 0 aliphatic heterocycles. The summed E-state index contributed by atoms with van der Waals surface area (Å²) in [6.45, 7) is 1.82. The Morgan fingerprint density at radius 2 is 1.72 bits per heavy atom. The molecule has 0 heterocycles. The van der Waals surface area contributed by atoms with Crippen LogP contribution in [0.3, 0.4) is 0 Å². The minimum Gasteiger partial charge on any atom is -0.495 e. The van der Waals surface area contributed by atoms with Gasteiger partial charge in [-0.25, -0.2) is 0 Å². The quantitative estimate of drug-likeness (QED) is 0.102. The molecule has 0 saturated carbocycles. The molecule has 39 heavy (non-hydrogen) atoms. The highest BCUT2D eigenvalue weighted by atomic mass is 32.2. The maximum Gasteiger partial charge on any atom is 0.339 e. The number of hydrogen-bond acceptors (Lipinski definition) is 8. The van der Waals surface area contributed by atoms with Gasteiger partial charge in [0.25, 0.3) is 11.6 Å². The van der Waals surface area contributed by atoms with Crippen molar-refractivity contribution in [2.75, 3.05) is 12.4 Å². The number of amides is 1. The Labute approximate surface area is 224 Å². The first kappa shape index (κ1) is 26.8. The van der Waals surface area contributed by atoms with Crippen molar-refractivity contribution in [3.63, 3.8) is 0 Å². The molecule has 10 nitrogen and oxygen atoms in total. The molecule has 0 aromatic heterocycles. The fourth-order valence-corrected chi connectivity index (χ4v) is 4.71. The van der Waals surface area contributed by atoms with Crippen LogP contribution in [0.15, 0.2) is 89.3 Å². The molecule has 4 aromatic rings. The third-order valence-corrected chi connectivity index (χ3v) is 6.98. The number of benzene rings is 4. The van der Waals surface area contributed by atoms with Gasteiger partial charge in [-0.2, -0.15) is 13.7 Å². The van der Waals surface area contributed by atoms with Gasteiger partial charge < -0.3 is 14.2 Å². The summed E-state index contributed by atoms with van der Waals surface area (Å²) >= 11 is 0. The predicted molar refractivity (Wildman–Crippen MR) is 145 cm³/mol. The fraction of sp³-hybridized carbons (Fsp3) is 0.0714. The molecule has 0 aliphatic carbocycles. The van der Waals surface area contributed by atoms with Crippen molar-refractivity contribution in [3.05, 3.63) is 106 Å². The second kappa shape index (κ2) is 11.0. The molecule has 1 N–H and O–H groups in total. The third kappa shape index (κ3) is 5.87. The fourth-order valence-electron chi connectivity index (χ4n) is 3.76. The van der Waals surface area contributed by atoms with E-state index in [1.54, 1.807) is 42.5 Å². The monoisotopic (exact) mass is 543 g/mol. The summed E-state index contributed by atoms with van der Waals surface area (Å²) in [7, 11) is -2.92. The van der Waals surface area contributed by atoms with Crippen molar-refractivity contribution in [1.29, 1.82) is 5.26 Å². The van der Waals surface area contributed by atoms with Gasteiger partial charge in [-0.05, 0) is 48.0 Å². The van der Waals surface area contributed by atoms with Crippen molar-refractivity contribution in [1.82, 2.24) is 0 Å². The van der Waals surface area contributed by atoms with Crippen LogP contribution >= 0.6 is 0 Å². The highest BCUT2D eigenvalue weighted by molar-refractivity contribution is 7.87. The molecule has 4 rings (SSSR count). The molecule has 0 unspecified atom stereocenters. The summed E-state index contributed by atoms with van der Waals surface area (Å²) < 4.78 is 36.7. The lowest BCUT2D eigenvalue weighted by Gasteiger charge is -2.13. The smallest absolute Gasteiger partial charge is 0.339 e. The van der Waals surface area contributed by atoms with Crippen LogP contribution in [0.1, 0.15) is 11.1 Å². The van der Waals surface area contributed by atoms with E-state index in [4.69, 9.17) is 8.92 Å². The number of aryl methyl sites for hydroxylation is 1. The molecule has 0 bridgehead atoms. The summed E-state index contributed by atoms with van der Waals surface area (Å²) in [4.78, 5) is 23.6. The van der Waals surface area contributed by atoms with Gasteiger partial charge >= 0.3 is 10.1 Å². The maximum atomic E-state index is 13.1. The van der Waals surface area contributed by atoms with E-state index < -0.39 is 26.5 Å². The summed E-state index contributed by atoms with van der Waals surface area (Å²) in [5.74, 6) is -0.844. The minimum atomic E-state index is -4.25. The molecule has 0 atom stereocenters. The maximum absolute atomic E-state index is 13.1. The second-order valence-electron chi connectivity index (χ2n) is 8.31. The van der Waals surface area contributed by atoms with Crippen molar-refractivity contribution >= 4 is 44.2 Å². The Morgan fingerprint density at radius 1 is 1.03 bits per heavy atom. The van der Waals surface area contributed by atoms with Crippen LogP contribution < -0.4 is 14.2 Å². The summed E-state index contributed by atoms with van der Waals surface area (Å²) in [5.41, 5.74) is 0.334. The summed E-state index contributed by atoms with van der Waals surface area (Å²) in [6, 6.07) is 21.6. The Kier molecular flexibility index (Phi) is 7.60. The Morgan fingerprint density at radius 3 is 2.38 bits per heavy atom. The number of carbonyl (C=O) groups is 1. The number of nitrogens with zero attached hydrogens (tertiary/aromatic N) is 2. The van der Waals surface area contributed by atoms with E-state index in [0.29, 0.717) is 10.8 Å². The lowest BCUT2D eigenvalue weighted by atomic mass is 10.0. The Bertz CT molecular complexity index is 1770. The summed E-state index contributed by atoms with van der Waals surface area (Å²) in [5, 5.41) is 24.7. The van der Waals surface area contributed by atoms with Gasteiger partial charge in [-0.1, -0.05) is 48.0 Å². The first-order chi connectivity index (χ1) is 18.6. The van der Waals surface area contributed by atoms with E-state index in [-0.39, 0.29) is 33.3 Å². The first-order valence-electron chi connectivity index (χ1n) is 11.4. The molecule has 0 spiro atoms. The SMILES string of the molecule is COc1ccc([N+](=O)[O-])cc1NC(=O)/C(C#N)=C/c1c(OS(=O)(=O)c2ccc(C)cc2)ccc2ccccc12. The van der Waals surface area contributed by atoms with Crippen LogP contribution in [0.25, 0.3) is 16.8 Å². The second-order valence-corrected chi connectivity index (χ2v) is 9.86. The normalized spacial score (nSPS) is 11.5. The van der Waals surface area contributed by atoms with E-state index in [2.05, 4.69) is 5.32 Å². The average molecular weight is 544 g/mol. The highest BCUT2D eigenvalue weighted by Crippen LogP contribution is 2.33. The van der Waals surface area contributed by atoms with E-state index in [1.807, 2.05) is 13.0 Å². The van der Waals surface area contributed by atoms with Gasteiger partial charge in [-0.3, -0.25) is 14.9 Å². The van der Waals surface area contributed by atoms with Crippen molar-refractivity contribution in [3.8, 4) is 17.6 Å². The third-order valence-electron chi connectivity index (χ3n) is 5.74. The van der Waals surface area contributed by atoms with Crippen LogP contribution in [0, 0.1) is 28.4 Å². The van der Waals surface area contributed by atoms with Crippen molar-refractivity contribution in [2.24, 2.45) is 0 Å². The van der Waals surface area contributed by atoms with Crippen LogP contribution in [0.4, 0.5) is 11.4 Å². The Balaban J connectivity index is 1.78. The molecule has 4 aromatic carbocycles. The van der Waals surface area contributed by atoms with Gasteiger partial charge in [0.15, 0.2) is 5.75 Å². The minimum absolute atomic E-state index is 0.0193. The predicted octanol–water partition coefficient (Wildman–Crippen LogP) is 5.38. The lowest BCUT2D eigenvalue weighted by molar-refractivity contribution is -0.384. The lowest BCUT2D eigenvalue weighted by Crippen LogP contribution is -2.15. The topological polar surface area (TPSA) is 149 Å². The van der Waals surface area contributed by atoms with Crippen molar-refractivity contribution < 1.29 is 27.1 Å². The molecule has 11 heteroatoms. The molecular weight excluding hydrogens is 522 g/mol. The summed E-state index contributed by atoms with van der Waals surface area (Å²) in [6.07, 6.45) is 1.21. The molecule has 0 fully saturated rings. The number of nitriles is 1. The molecule has 196 valence electrons. The number of nitrogens with one attached hydrogen (secondary N) is 1. The van der Waals surface area contributed by atoms with Crippen LogP contribution in [0.2, 0.25) is 0 Å². The number of anilines is 1. The van der Waals surface area contributed by atoms with Gasteiger partial charge in [-0.15, -0.1) is 0 Å². The molecule has 0 radical (unpaired) electrons. The van der Waals surface area contributed by atoms with E-state index in [9.17, 15) is 28.6 Å².